The number of carboxylic acids is 1. The minimum Gasteiger partial charge on any atom is -0.481 e. The Morgan fingerprint density at radius 3 is 2.65 bits per heavy atom. The molecule has 17 heavy (non-hydrogen) atoms. The molecule has 1 aromatic rings. The summed E-state index contributed by atoms with van der Waals surface area (Å²) in [5, 5.41) is 13.6. The minimum atomic E-state index is -0.876. The van der Waals surface area contributed by atoms with Crippen molar-refractivity contribution in [1.29, 1.82) is 0 Å². The van der Waals surface area contributed by atoms with Gasteiger partial charge in [0.05, 0.1) is 17.4 Å². The molecule has 1 aromatic heterocycles. The van der Waals surface area contributed by atoms with Crippen molar-refractivity contribution in [2.75, 3.05) is 0 Å². The molecule has 0 spiro atoms. The predicted molar refractivity (Wildman–Crippen MR) is 64.7 cm³/mol. The Labute approximate surface area is 104 Å². The maximum atomic E-state index is 11.9. The molecule has 2 rings (SSSR count). The molecule has 5 heteroatoms. The van der Waals surface area contributed by atoms with Crippen LogP contribution in [0.25, 0.3) is 0 Å². The summed E-state index contributed by atoms with van der Waals surface area (Å²) in [6.45, 7) is 3.85. The van der Waals surface area contributed by atoms with E-state index in [1.54, 1.807) is 11.3 Å². The van der Waals surface area contributed by atoms with Crippen LogP contribution in [0.5, 0.6) is 0 Å². The van der Waals surface area contributed by atoms with Crippen molar-refractivity contribution in [3.8, 4) is 0 Å². The fourth-order valence-electron chi connectivity index (χ4n) is 1.85. The van der Waals surface area contributed by atoms with E-state index in [1.165, 1.54) is 0 Å². The van der Waals surface area contributed by atoms with Gasteiger partial charge in [0.25, 0.3) is 0 Å². The number of carbonyl (C=O) groups is 2. The lowest BCUT2D eigenvalue weighted by molar-refractivity contribution is -0.140. The summed E-state index contributed by atoms with van der Waals surface area (Å²) in [7, 11) is 0. The summed E-state index contributed by atoms with van der Waals surface area (Å²) in [5.74, 6) is -1.88. The van der Waals surface area contributed by atoms with E-state index in [-0.39, 0.29) is 11.8 Å². The second kappa shape index (κ2) is 4.14. The van der Waals surface area contributed by atoms with Gasteiger partial charge in [-0.15, -0.1) is 11.3 Å². The van der Waals surface area contributed by atoms with Crippen LogP contribution in [0.2, 0.25) is 0 Å². The van der Waals surface area contributed by atoms with Crippen molar-refractivity contribution >= 4 is 23.2 Å². The molecule has 0 bridgehead atoms. The van der Waals surface area contributed by atoms with Gasteiger partial charge in [-0.3, -0.25) is 9.59 Å². The zero-order chi connectivity index (χ0) is 12.6. The molecule has 0 aromatic carbocycles. The van der Waals surface area contributed by atoms with Crippen LogP contribution in [0.4, 0.5) is 0 Å². The van der Waals surface area contributed by atoms with E-state index in [4.69, 9.17) is 5.11 Å². The Morgan fingerprint density at radius 1 is 1.47 bits per heavy atom. The largest absolute Gasteiger partial charge is 0.481 e. The van der Waals surface area contributed by atoms with E-state index in [9.17, 15) is 9.59 Å². The van der Waals surface area contributed by atoms with E-state index in [0.29, 0.717) is 6.42 Å². The molecular weight excluding hydrogens is 238 g/mol. The number of aliphatic carboxylic acids is 1. The Morgan fingerprint density at radius 2 is 2.18 bits per heavy atom. The van der Waals surface area contributed by atoms with Crippen molar-refractivity contribution in [2.24, 2.45) is 11.8 Å². The van der Waals surface area contributed by atoms with Crippen molar-refractivity contribution in [3.05, 3.63) is 22.4 Å². The topological polar surface area (TPSA) is 66.4 Å². The monoisotopic (exact) mass is 253 g/mol. The Hall–Kier alpha value is -1.36. The smallest absolute Gasteiger partial charge is 0.307 e. The van der Waals surface area contributed by atoms with Crippen LogP contribution in [0.3, 0.4) is 0 Å². The van der Waals surface area contributed by atoms with Crippen molar-refractivity contribution in [1.82, 2.24) is 5.32 Å². The van der Waals surface area contributed by atoms with Gasteiger partial charge in [-0.2, -0.15) is 0 Å². The number of carboxylic acid groups (broad SMARTS) is 1. The molecule has 2 atom stereocenters. The second-order valence-electron chi connectivity index (χ2n) is 4.88. The molecule has 92 valence electrons. The molecule has 1 heterocycles. The fraction of sp³-hybridized carbons (Fsp3) is 0.500. The Balaban J connectivity index is 1.98. The van der Waals surface area contributed by atoms with Crippen LogP contribution in [0.15, 0.2) is 17.5 Å². The van der Waals surface area contributed by atoms with Crippen LogP contribution < -0.4 is 5.32 Å². The van der Waals surface area contributed by atoms with E-state index in [2.05, 4.69) is 5.32 Å². The lowest BCUT2D eigenvalue weighted by atomic mass is 10.0. The number of rotatable bonds is 4. The molecule has 4 nitrogen and oxygen atoms in total. The van der Waals surface area contributed by atoms with Gasteiger partial charge in [-0.1, -0.05) is 6.07 Å². The molecule has 1 amide bonds. The third-order valence-corrected chi connectivity index (χ3v) is 4.21. The number of hydrogen-bond acceptors (Lipinski definition) is 3. The molecular formula is C12H15NO3S. The van der Waals surface area contributed by atoms with Crippen LogP contribution in [-0.4, -0.2) is 17.0 Å². The predicted octanol–water partition coefficient (Wildman–Crippen LogP) is 1.82. The number of hydrogen-bond donors (Lipinski definition) is 2. The summed E-state index contributed by atoms with van der Waals surface area (Å²) in [4.78, 5) is 23.6. The van der Waals surface area contributed by atoms with Gasteiger partial charge in [-0.05, 0) is 31.7 Å². The van der Waals surface area contributed by atoms with Crippen molar-refractivity contribution < 1.29 is 14.7 Å². The summed E-state index contributed by atoms with van der Waals surface area (Å²) < 4.78 is 0. The van der Waals surface area contributed by atoms with E-state index >= 15 is 0 Å². The average molecular weight is 253 g/mol. The molecule has 0 aliphatic heterocycles. The van der Waals surface area contributed by atoms with E-state index in [0.717, 1.165) is 4.88 Å². The fourth-order valence-corrected chi connectivity index (χ4v) is 2.66. The SMILES string of the molecule is CC(C)(NC(=O)C1CC1C(=O)O)c1cccs1. The van der Waals surface area contributed by atoms with Crippen LogP contribution >= 0.6 is 11.3 Å². The summed E-state index contributed by atoms with van der Waals surface area (Å²) in [6.07, 6.45) is 0.460. The van der Waals surface area contributed by atoms with Gasteiger partial charge in [0.1, 0.15) is 0 Å². The lowest BCUT2D eigenvalue weighted by Crippen LogP contribution is -2.41. The second-order valence-corrected chi connectivity index (χ2v) is 5.83. The van der Waals surface area contributed by atoms with Crippen LogP contribution in [0.1, 0.15) is 25.1 Å². The highest BCUT2D eigenvalue weighted by Crippen LogP contribution is 2.39. The Kier molecular flexibility index (Phi) is 2.95. The van der Waals surface area contributed by atoms with Crippen LogP contribution in [-0.2, 0) is 15.1 Å². The number of carbonyl (C=O) groups excluding carboxylic acids is 1. The zero-order valence-electron chi connectivity index (χ0n) is 9.77. The van der Waals surface area contributed by atoms with Gasteiger partial charge in [0, 0.05) is 4.88 Å². The molecule has 1 aliphatic rings. The molecule has 0 saturated heterocycles. The highest BCUT2D eigenvalue weighted by Gasteiger charge is 2.49. The molecule has 0 radical (unpaired) electrons. The number of thiophene rings is 1. The molecule has 1 aliphatic carbocycles. The standard InChI is InChI=1S/C12H15NO3S/c1-12(2,9-4-3-5-17-9)13-10(14)7-6-8(7)11(15)16/h3-5,7-8H,6H2,1-2H3,(H,13,14)(H,15,16). The molecule has 1 fully saturated rings. The minimum absolute atomic E-state index is 0.157. The highest BCUT2D eigenvalue weighted by molar-refractivity contribution is 7.10. The third kappa shape index (κ3) is 2.49. The third-order valence-electron chi connectivity index (χ3n) is 3.02. The normalized spacial score (nSPS) is 23.2. The van der Waals surface area contributed by atoms with E-state index < -0.39 is 17.4 Å². The first-order valence-electron chi connectivity index (χ1n) is 5.50. The van der Waals surface area contributed by atoms with Gasteiger partial charge in [0.15, 0.2) is 0 Å². The maximum Gasteiger partial charge on any atom is 0.307 e. The summed E-state index contributed by atoms with van der Waals surface area (Å²) in [5.41, 5.74) is -0.434. The quantitative estimate of drug-likeness (QED) is 0.860. The number of nitrogens with one attached hydrogen (secondary N) is 1. The van der Waals surface area contributed by atoms with Crippen molar-refractivity contribution in [3.63, 3.8) is 0 Å². The first-order valence-corrected chi connectivity index (χ1v) is 6.38. The molecule has 1 saturated carbocycles. The van der Waals surface area contributed by atoms with Gasteiger partial charge in [0.2, 0.25) is 5.91 Å². The van der Waals surface area contributed by atoms with Gasteiger partial charge < -0.3 is 10.4 Å². The zero-order valence-corrected chi connectivity index (χ0v) is 10.6. The average Bonchev–Trinajstić information content (AvgIpc) is 2.84. The van der Waals surface area contributed by atoms with Gasteiger partial charge in [-0.25, -0.2) is 0 Å². The first-order chi connectivity index (χ1) is 7.92. The van der Waals surface area contributed by atoms with E-state index in [1.807, 2.05) is 31.4 Å². The van der Waals surface area contributed by atoms with Crippen molar-refractivity contribution in [2.45, 2.75) is 25.8 Å². The maximum absolute atomic E-state index is 11.9. The van der Waals surface area contributed by atoms with Crippen LogP contribution in [0, 0.1) is 11.8 Å². The first kappa shape index (κ1) is 12.1. The number of amides is 1. The summed E-state index contributed by atoms with van der Waals surface area (Å²) in [6, 6.07) is 3.90. The lowest BCUT2D eigenvalue weighted by Gasteiger charge is -2.25. The molecule has 2 unspecified atom stereocenters. The molecule has 2 N–H and O–H groups in total. The highest BCUT2D eigenvalue weighted by atomic mass is 32.1. The van der Waals surface area contributed by atoms with Gasteiger partial charge >= 0.3 is 5.97 Å². The Bertz CT molecular complexity index is 439. The summed E-state index contributed by atoms with van der Waals surface area (Å²) >= 11 is 1.58.